The van der Waals surface area contributed by atoms with E-state index in [2.05, 4.69) is 25.6 Å². The van der Waals surface area contributed by atoms with Crippen LogP contribution < -0.4 is 10.1 Å². The van der Waals surface area contributed by atoms with E-state index in [1.54, 1.807) is 28.2 Å². The number of piperazine rings is 1. The number of hydrogen-bond acceptors (Lipinski definition) is 7. The number of carbonyl (C=O) groups is 1. The lowest BCUT2D eigenvalue weighted by molar-refractivity contribution is 0.142. The highest BCUT2D eigenvalue weighted by Crippen LogP contribution is 2.19. The lowest BCUT2D eigenvalue weighted by Gasteiger charge is -2.34. The molecule has 1 aliphatic heterocycles. The van der Waals surface area contributed by atoms with Crippen molar-refractivity contribution in [1.29, 1.82) is 0 Å². The third-order valence-electron chi connectivity index (χ3n) is 4.67. The van der Waals surface area contributed by atoms with Crippen LogP contribution in [0.1, 0.15) is 16.4 Å². The van der Waals surface area contributed by atoms with E-state index in [9.17, 15) is 4.79 Å². The van der Waals surface area contributed by atoms with E-state index >= 15 is 0 Å². The molecule has 152 valence electrons. The lowest BCUT2D eigenvalue weighted by Crippen LogP contribution is -2.49. The molecular weight excluding hydrogens is 406 g/mol. The quantitative estimate of drug-likeness (QED) is 0.645. The average molecular weight is 430 g/mol. The first-order valence-electron chi connectivity index (χ1n) is 9.45. The van der Waals surface area contributed by atoms with E-state index in [0.29, 0.717) is 25.4 Å². The van der Waals surface area contributed by atoms with Crippen molar-refractivity contribution in [3.8, 4) is 5.75 Å². The maximum atomic E-state index is 12.6. The summed E-state index contributed by atoms with van der Waals surface area (Å²) in [5.74, 6) is 0.708. The minimum atomic E-state index is -0.0780. The first kappa shape index (κ1) is 19.8. The molecule has 2 aromatic heterocycles. The highest BCUT2D eigenvalue weighted by molar-refractivity contribution is 7.09. The molecule has 3 aromatic rings. The number of thiazole rings is 2. The second kappa shape index (κ2) is 9.34. The molecule has 0 bridgehead atoms. The number of ether oxygens (including phenoxy) is 1. The zero-order valence-electron chi connectivity index (χ0n) is 16.2. The number of benzene rings is 1. The number of urea groups is 1. The molecule has 1 fully saturated rings. The van der Waals surface area contributed by atoms with E-state index in [1.807, 2.05) is 41.5 Å². The average Bonchev–Trinajstić information content (AvgIpc) is 3.39. The Bertz CT molecular complexity index is 936. The van der Waals surface area contributed by atoms with Crippen LogP contribution in [0.5, 0.6) is 5.75 Å². The number of nitrogens with one attached hydrogen (secondary N) is 1. The van der Waals surface area contributed by atoms with Gasteiger partial charge in [-0.2, -0.15) is 0 Å². The molecule has 3 heterocycles. The molecular formula is C20H23N5O2S2. The molecule has 1 N–H and O–H groups in total. The Morgan fingerprint density at radius 1 is 1.21 bits per heavy atom. The van der Waals surface area contributed by atoms with Crippen LogP contribution in [0, 0.1) is 6.92 Å². The van der Waals surface area contributed by atoms with Crippen molar-refractivity contribution in [1.82, 2.24) is 19.8 Å². The first-order valence-corrected chi connectivity index (χ1v) is 11.3. The minimum absolute atomic E-state index is 0.0780. The van der Waals surface area contributed by atoms with Crippen molar-refractivity contribution in [2.45, 2.75) is 20.1 Å². The van der Waals surface area contributed by atoms with E-state index in [0.717, 1.165) is 41.7 Å². The number of anilines is 1. The summed E-state index contributed by atoms with van der Waals surface area (Å²) in [4.78, 5) is 25.5. The lowest BCUT2D eigenvalue weighted by atomic mass is 10.3. The van der Waals surface area contributed by atoms with E-state index in [4.69, 9.17) is 4.74 Å². The van der Waals surface area contributed by atoms with Crippen LogP contribution in [0.4, 0.5) is 10.5 Å². The van der Waals surface area contributed by atoms with Crippen LogP contribution in [0.25, 0.3) is 0 Å². The molecule has 0 atom stereocenters. The Morgan fingerprint density at radius 3 is 2.79 bits per heavy atom. The van der Waals surface area contributed by atoms with Crippen LogP contribution in [-0.4, -0.2) is 52.0 Å². The summed E-state index contributed by atoms with van der Waals surface area (Å²) in [6, 6.07) is 7.38. The van der Waals surface area contributed by atoms with Gasteiger partial charge in [-0.25, -0.2) is 14.8 Å². The van der Waals surface area contributed by atoms with Gasteiger partial charge in [0.15, 0.2) is 0 Å². The maximum absolute atomic E-state index is 12.6. The molecule has 1 saturated heterocycles. The van der Waals surface area contributed by atoms with Gasteiger partial charge in [-0.1, -0.05) is 6.07 Å². The van der Waals surface area contributed by atoms with Crippen molar-refractivity contribution in [3.63, 3.8) is 0 Å². The number of aromatic nitrogens is 2. The van der Waals surface area contributed by atoms with Gasteiger partial charge in [-0.05, 0) is 19.1 Å². The predicted molar refractivity (Wildman–Crippen MR) is 116 cm³/mol. The summed E-state index contributed by atoms with van der Waals surface area (Å²) >= 11 is 3.22. The van der Waals surface area contributed by atoms with Gasteiger partial charge in [0.05, 0.1) is 21.9 Å². The van der Waals surface area contributed by atoms with Crippen LogP contribution in [0.2, 0.25) is 0 Å². The number of rotatable bonds is 6. The van der Waals surface area contributed by atoms with Crippen molar-refractivity contribution in [2.24, 2.45) is 0 Å². The second-order valence-electron chi connectivity index (χ2n) is 6.85. The number of aryl methyl sites for hydroxylation is 1. The Labute approximate surface area is 178 Å². The summed E-state index contributed by atoms with van der Waals surface area (Å²) in [7, 11) is 0. The van der Waals surface area contributed by atoms with E-state index in [1.165, 1.54) is 0 Å². The largest absolute Gasteiger partial charge is 0.487 e. The number of hydrogen-bond donors (Lipinski definition) is 1. The van der Waals surface area contributed by atoms with Crippen molar-refractivity contribution in [3.05, 3.63) is 56.9 Å². The molecule has 4 rings (SSSR count). The van der Waals surface area contributed by atoms with Gasteiger partial charge in [0.25, 0.3) is 0 Å². The highest BCUT2D eigenvalue weighted by atomic mass is 32.1. The molecule has 0 aliphatic carbocycles. The summed E-state index contributed by atoms with van der Waals surface area (Å²) in [5.41, 5.74) is 4.52. The van der Waals surface area contributed by atoms with Gasteiger partial charge >= 0.3 is 6.03 Å². The zero-order valence-corrected chi connectivity index (χ0v) is 17.8. The zero-order chi connectivity index (χ0) is 20.1. The normalized spacial score (nSPS) is 14.7. The topological polar surface area (TPSA) is 70.6 Å². The maximum Gasteiger partial charge on any atom is 0.321 e. The monoisotopic (exact) mass is 429 g/mol. The Morgan fingerprint density at radius 2 is 2.07 bits per heavy atom. The Hall–Kier alpha value is -2.49. The molecule has 29 heavy (non-hydrogen) atoms. The summed E-state index contributed by atoms with van der Waals surface area (Å²) in [5, 5.41) is 8.14. The smallest absolute Gasteiger partial charge is 0.321 e. The van der Waals surface area contributed by atoms with E-state index in [-0.39, 0.29) is 6.03 Å². The number of nitrogens with zero attached hydrogens (tertiary/aromatic N) is 4. The highest BCUT2D eigenvalue weighted by Gasteiger charge is 2.21. The van der Waals surface area contributed by atoms with Crippen molar-refractivity contribution in [2.75, 3.05) is 31.5 Å². The predicted octanol–water partition coefficient (Wildman–Crippen LogP) is 3.84. The van der Waals surface area contributed by atoms with Crippen LogP contribution >= 0.6 is 22.7 Å². The van der Waals surface area contributed by atoms with Crippen LogP contribution in [-0.2, 0) is 13.2 Å². The van der Waals surface area contributed by atoms with Gasteiger partial charge in [0.2, 0.25) is 0 Å². The Kier molecular flexibility index (Phi) is 6.38. The molecule has 0 radical (unpaired) electrons. The van der Waals surface area contributed by atoms with Crippen molar-refractivity contribution >= 4 is 34.4 Å². The van der Waals surface area contributed by atoms with Gasteiger partial charge < -0.3 is 15.0 Å². The van der Waals surface area contributed by atoms with Crippen LogP contribution in [0.15, 0.2) is 40.5 Å². The SMILES string of the molecule is Cc1nc(CN2CCN(C(=O)Nc3cccc(OCc4cscn4)c3)CC2)cs1. The molecule has 0 spiro atoms. The summed E-state index contributed by atoms with van der Waals surface area (Å²) < 4.78 is 5.76. The van der Waals surface area contributed by atoms with E-state index < -0.39 is 0 Å². The third-order valence-corrected chi connectivity index (χ3v) is 6.12. The molecule has 2 amide bonds. The van der Waals surface area contributed by atoms with Crippen LogP contribution in [0.3, 0.4) is 0 Å². The van der Waals surface area contributed by atoms with Gasteiger partial charge in [0, 0.05) is 55.2 Å². The molecule has 0 unspecified atom stereocenters. The third kappa shape index (κ3) is 5.53. The second-order valence-corrected chi connectivity index (χ2v) is 8.63. The fraction of sp³-hybridized carbons (Fsp3) is 0.350. The number of carbonyl (C=O) groups excluding carboxylic acids is 1. The molecule has 1 aromatic carbocycles. The number of amides is 2. The minimum Gasteiger partial charge on any atom is -0.487 e. The van der Waals surface area contributed by atoms with Gasteiger partial charge in [-0.3, -0.25) is 4.90 Å². The van der Waals surface area contributed by atoms with Gasteiger partial charge in [0.1, 0.15) is 12.4 Å². The molecule has 7 nitrogen and oxygen atoms in total. The summed E-state index contributed by atoms with van der Waals surface area (Å²) in [6.45, 7) is 6.39. The summed E-state index contributed by atoms with van der Waals surface area (Å²) in [6.07, 6.45) is 0. The fourth-order valence-corrected chi connectivity index (χ4v) is 4.30. The fourth-order valence-electron chi connectivity index (χ4n) is 3.15. The first-order chi connectivity index (χ1) is 14.2. The van der Waals surface area contributed by atoms with Crippen molar-refractivity contribution < 1.29 is 9.53 Å². The molecule has 0 saturated carbocycles. The molecule has 9 heteroatoms. The standard InChI is InChI=1S/C20H23N5O2S2/c1-15-22-17(13-29-15)10-24-5-7-25(8-6-24)20(26)23-16-3-2-4-19(9-16)27-11-18-12-28-14-21-18/h2-4,9,12-14H,5-8,10-11H2,1H3,(H,23,26). The Balaban J connectivity index is 1.25. The van der Waals surface area contributed by atoms with Gasteiger partial charge in [-0.15, -0.1) is 22.7 Å². The molecule has 1 aliphatic rings.